The second-order valence-corrected chi connectivity index (χ2v) is 8.03. The first-order chi connectivity index (χ1) is 10.7. The number of amides is 1. The number of thiophene rings is 1. The lowest BCUT2D eigenvalue weighted by atomic mass is 9.95. The van der Waals surface area contributed by atoms with Gasteiger partial charge in [0.05, 0.1) is 16.1 Å². The summed E-state index contributed by atoms with van der Waals surface area (Å²) in [5.41, 5.74) is 0. The number of carbonyl (C=O) groups excluding carboxylic acids is 1. The van der Waals surface area contributed by atoms with Gasteiger partial charge in [-0.15, -0.1) is 0 Å². The molecule has 0 saturated carbocycles. The van der Waals surface area contributed by atoms with Crippen LogP contribution in [0.2, 0.25) is 0 Å². The van der Waals surface area contributed by atoms with Crippen LogP contribution in [-0.4, -0.2) is 29.0 Å². The molecule has 0 unspecified atom stereocenters. The Morgan fingerprint density at radius 3 is 2.95 bits per heavy atom. The summed E-state index contributed by atoms with van der Waals surface area (Å²) in [4.78, 5) is 17.2. The van der Waals surface area contributed by atoms with E-state index in [1.807, 2.05) is 19.1 Å². The predicted molar refractivity (Wildman–Crippen MR) is 87.1 cm³/mol. The first-order valence-electron chi connectivity index (χ1n) is 7.44. The van der Waals surface area contributed by atoms with Crippen molar-refractivity contribution in [3.8, 4) is 10.1 Å². The number of aryl methyl sites for hydroxylation is 1. The maximum absolute atomic E-state index is 12.4. The van der Waals surface area contributed by atoms with Gasteiger partial charge >= 0.3 is 0 Å². The summed E-state index contributed by atoms with van der Waals surface area (Å²) in [6.45, 7) is 1.94. The van der Waals surface area contributed by atoms with E-state index >= 15 is 0 Å². The van der Waals surface area contributed by atoms with Gasteiger partial charge in [0.2, 0.25) is 5.06 Å². The van der Waals surface area contributed by atoms with Crippen LogP contribution in [0.5, 0.6) is 10.1 Å². The van der Waals surface area contributed by atoms with Gasteiger partial charge in [0.1, 0.15) is 0 Å². The predicted octanol–water partition coefficient (Wildman–Crippen LogP) is 2.93. The van der Waals surface area contributed by atoms with Crippen molar-refractivity contribution in [2.45, 2.75) is 44.3 Å². The van der Waals surface area contributed by atoms with Crippen LogP contribution in [0.15, 0.2) is 18.3 Å². The Morgan fingerprint density at radius 2 is 2.27 bits per heavy atom. The standard InChI is InChI=1S/C15H17N3O2S2/c1-8-16-7-14(21-8)20-13-5-4-12(22-13)15(19)18-11-6-9-2-3-10(11)17-9/h4-5,7,9-11,17H,2-3,6H2,1H3,(H,18,19)/t9-,10+,11-/m1/s1. The van der Waals surface area contributed by atoms with Gasteiger partial charge in [-0.05, 0) is 38.3 Å². The number of hydrogen-bond donors (Lipinski definition) is 2. The van der Waals surface area contributed by atoms with Gasteiger partial charge in [0, 0.05) is 18.1 Å². The molecule has 116 valence electrons. The summed E-state index contributed by atoms with van der Waals surface area (Å²) in [6, 6.07) is 4.97. The number of rotatable bonds is 4. The average molecular weight is 335 g/mol. The minimum atomic E-state index is -0.000292. The third kappa shape index (κ3) is 2.76. The highest BCUT2D eigenvalue weighted by molar-refractivity contribution is 7.16. The van der Waals surface area contributed by atoms with E-state index in [1.54, 1.807) is 6.20 Å². The Labute approximate surface area is 136 Å². The number of aromatic nitrogens is 1. The molecule has 0 spiro atoms. The van der Waals surface area contributed by atoms with Crippen molar-refractivity contribution in [2.75, 3.05) is 0 Å². The molecule has 3 atom stereocenters. The van der Waals surface area contributed by atoms with Crippen molar-refractivity contribution in [2.24, 2.45) is 0 Å². The number of nitrogens with zero attached hydrogens (tertiary/aromatic N) is 1. The number of hydrogen-bond acceptors (Lipinski definition) is 6. The lowest BCUT2D eigenvalue weighted by molar-refractivity contribution is 0.0935. The van der Waals surface area contributed by atoms with Crippen LogP contribution in [0.25, 0.3) is 0 Å². The molecule has 1 amide bonds. The fraction of sp³-hybridized carbons (Fsp3) is 0.467. The van der Waals surface area contributed by atoms with Crippen LogP contribution in [0, 0.1) is 6.92 Å². The van der Waals surface area contributed by atoms with E-state index in [0.29, 0.717) is 17.0 Å². The normalized spacial score (nSPS) is 26.3. The first-order valence-corrected chi connectivity index (χ1v) is 9.08. The fourth-order valence-electron chi connectivity index (χ4n) is 3.21. The third-order valence-corrected chi connectivity index (χ3v) is 5.98. The maximum atomic E-state index is 12.4. The monoisotopic (exact) mass is 335 g/mol. The van der Waals surface area contributed by atoms with E-state index in [0.717, 1.165) is 21.6 Å². The van der Waals surface area contributed by atoms with E-state index < -0.39 is 0 Å². The van der Waals surface area contributed by atoms with Crippen LogP contribution in [-0.2, 0) is 0 Å². The Hall–Kier alpha value is -1.44. The van der Waals surface area contributed by atoms with Gasteiger partial charge < -0.3 is 15.4 Å². The summed E-state index contributed by atoms with van der Waals surface area (Å²) < 4.78 is 5.73. The van der Waals surface area contributed by atoms with E-state index in [9.17, 15) is 4.79 Å². The molecule has 4 heterocycles. The largest absolute Gasteiger partial charge is 0.434 e. The zero-order valence-corrected chi connectivity index (χ0v) is 13.8. The van der Waals surface area contributed by atoms with Crippen LogP contribution >= 0.6 is 22.7 Å². The molecule has 5 nitrogen and oxygen atoms in total. The molecule has 2 aliphatic heterocycles. The molecule has 2 bridgehead atoms. The summed E-state index contributed by atoms with van der Waals surface area (Å²) in [5.74, 6) is -0.000292. The second kappa shape index (κ2) is 5.64. The van der Waals surface area contributed by atoms with Crippen molar-refractivity contribution in [1.82, 2.24) is 15.6 Å². The van der Waals surface area contributed by atoms with E-state index in [2.05, 4.69) is 15.6 Å². The lowest BCUT2D eigenvalue weighted by Gasteiger charge is -2.20. The Balaban J connectivity index is 1.39. The van der Waals surface area contributed by atoms with Crippen molar-refractivity contribution >= 4 is 28.6 Å². The summed E-state index contributed by atoms with van der Waals surface area (Å²) in [6.07, 6.45) is 5.16. The SMILES string of the molecule is Cc1ncc(Oc2ccc(C(=O)N[C@@H]3C[C@H]4CC[C@@H]3N4)s2)s1. The van der Waals surface area contributed by atoms with Gasteiger partial charge in [0.25, 0.3) is 5.91 Å². The number of ether oxygens (including phenoxy) is 1. The van der Waals surface area contributed by atoms with Crippen LogP contribution in [0.4, 0.5) is 0 Å². The number of thiazole rings is 1. The Kier molecular flexibility index (Phi) is 3.63. The number of carbonyl (C=O) groups is 1. The molecule has 22 heavy (non-hydrogen) atoms. The van der Waals surface area contributed by atoms with Gasteiger partial charge in [-0.2, -0.15) is 0 Å². The fourth-order valence-corrected chi connectivity index (χ4v) is 4.67. The molecule has 2 N–H and O–H groups in total. The molecule has 2 aromatic heterocycles. The molecular formula is C15H17N3O2S2. The minimum Gasteiger partial charge on any atom is -0.434 e. The highest BCUT2D eigenvalue weighted by Crippen LogP contribution is 2.33. The molecule has 0 aromatic carbocycles. The first kappa shape index (κ1) is 14.2. The minimum absolute atomic E-state index is 0.000292. The van der Waals surface area contributed by atoms with Crippen molar-refractivity contribution in [3.63, 3.8) is 0 Å². The van der Waals surface area contributed by atoms with Crippen LogP contribution in [0.3, 0.4) is 0 Å². The van der Waals surface area contributed by atoms with E-state index in [-0.39, 0.29) is 11.9 Å². The van der Waals surface area contributed by atoms with Crippen LogP contribution < -0.4 is 15.4 Å². The topological polar surface area (TPSA) is 63.2 Å². The van der Waals surface area contributed by atoms with Crippen LogP contribution in [0.1, 0.15) is 33.9 Å². The molecule has 0 radical (unpaired) electrons. The number of fused-ring (bicyclic) bond motifs is 2. The van der Waals surface area contributed by atoms with Gasteiger partial charge in [-0.3, -0.25) is 4.79 Å². The lowest BCUT2D eigenvalue weighted by Crippen LogP contribution is -2.42. The van der Waals surface area contributed by atoms with Crippen molar-refractivity contribution in [1.29, 1.82) is 0 Å². The molecule has 0 aliphatic carbocycles. The smallest absolute Gasteiger partial charge is 0.261 e. The van der Waals surface area contributed by atoms with Gasteiger partial charge in [-0.1, -0.05) is 22.7 Å². The van der Waals surface area contributed by atoms with E-state index in [1.165, 1.54) is 35.5 Å². The summed E-state index contributed by atoms with van der Waals surface area (Å²) in [5, 5.41) is 9.13. The molecule has 2 saturated heterocycles. The van der Waals surface area contributed by atoms with Crippen molar-refractivity contribution < 1.29 is 9.53 Å². The zero-order chi connectivity index (χ0) is 15.1. The molecule has 4 rings (SSSR count). The van der Waals surface area contributed by atoms with Crippen molar-refractivity contribution in [3.05, 3.63) is 28.2 Å². The molecule has 2 fully saturated rings. The molecule has 2 aliphatic rings. The van der Waals surface area contributed by atoms with Gasteiger partial charge in [0.15, 0.2) is 5.06 Å². The highest BCUT2D eigenvalue weighted by Gasteiger charge is 2.39. The maximum Gasteiger partial charge on any atom is 0.261 e. The van der Waals surface area contributed by atoms with E-state index in [4.69, 9.17) is 4.74 Å². The zero-order valence-electron chi connectivity index (χ0n) is 12.2. The quantitative estimate of drug-likeness (QED) is 0.902. The van der Waals surface area contributed by atoms with Gasteiger partial charge in [-0.25, -0.2) is 4.98 Å². The molecule has 7 heteroatoms. The third-order valence-electron chi connectivity index (χ3n) is 4.22. The summed E-state index contributed by atoms with van der Waals surface area (Å²) >= 11 is 2.87. The molecular weight excluding hydrogens is 318 g/mol. The number of nitrogens with one attached hydrogen (secondary N) is 2. The Morgan fingerprint density at radius 1 is 1.36 bits per heavy atom. The Bertz CT molecular complexity index is 697. The summed E-state index contributed by atoms with van der Waals surface area (Å²) in [7, 11) is 0. The average Bonchev–Trinajstić information content (AvgIpc) is 3.24. The molecule has 2 aromatic rings. The highest BCUT2D eigenvalue weighted by atomic mass is 32.1. The second-order valence-electron chi connectivity index (χ2n) is 5.78.